The number of rotatable bonds is 12. The van der Waals surface area contributed by atoms with Crippen LogP contribution in [0.3, 0.4) is 0 Å². The molecule has 0 N–H and O–H groups in total. The Morgan fingerprint density at radius 2 is 1.86 bits per heavy atom. The molecule has 1 aromatic heterocycles. The predicted molar refractivity (Wildman–Crippen MR) is 96.6 cm³/mol. The molecule has 0 spiro atoms. The molecule has 0 aliphatic heterocycles. The molecule has 1 heterocycles. The van der Waals surface area contributed by atoms with Crippen LogP contribution in [0.4, 0.5) is 0 Å². The predicted octanol–water partition coefficient (Wildman–Crippen LogP) is 3.90. The number of thiophene rings is 1. The van der Waals surface area contributed by atoms with Gasteiger partial charge in [0, 0.05) is 36.3 Å². The van der Waals surface area contributed by atoms with Crippen LogP contribution in [-0.2, 0) is 21.2 Å². The van der Waals surface area contributed by atoms with E-state index in [1.54, 1.807) is 6.07 Å². The number of nitrogens with zero attached hydrogens (tertiary/aromatic N) is 1. The zero-order chi connectivity index (χ0) is 16.4. The molecule has 4 nitrogen and oxygen atoms in total. The van der Waals surface area contributed by atoms with Crippen LogP contribution in [0.15, 0.2) is 16.3 Å². The summed E-state index contributed by atoms with van der Waals surface area (Å²) in [6, 6.07) is 3.61. The molecule has 7 heteroatoms. The summed E-state index contributed by atoms with van der Waals surface area (Å²) in [6.45, 7) is 6.16. The number of unbranched alkanes of at least 4 members (excludes halogenated alkanes) is 2. The zero-order valence-corrected chi connectivity index (χ0v) is 16.6. The summed E-state index contributed by atoms with van der Waals surface area (Å²) >= 11 is 4.76. The number of hydrogen-bond acceptors (Lipinski definition) is 4. The molecule has 128 valence electrons. The Balaban J connectivity index is 2.41. The largest absolute Gasteiger partial charge is 0.381 e. The third kappa shape index (κ3) is 6.28. The minimum Gasteiger partial charge on any atom is -0.381 e. The maximum atomic E-state index is 12.4. The third-order valence-electron chi connectivity index (χ3n) is 3.35. The molecule has 0 saturated heterocycles. The minimum atomic E-state index is -3.32. The first kappa shape index (κ1) is 20.1. The topological polar surface area (TPSA) is 46.6 Å². The van der Waals surface area contributed by atoms with E-state index in [2.05, 4.69) is 15.9 Å². The van der Waals surface area contributed by atoms with Crippen molar-refractivity contribution >= 4 is 37.3 Å². The van der Waals surface area contributed by atoms with Crippen LogP contribution < -0.4 is 0 Å². The van der Waals surface area contributed by atoms with Crippen molar-refractivity contribution < 1.29 is 13.2 Å². The third-order valence-corrected chi connectivity index (χ3v) is 7.57. The van der Waals surface area contributed by atoms with Crippen molar-refractivity contribution in [2.75, 3.05) is 31.6 Å². The molecule has 0 fully saturated rings. The molecule has 0 saturated carbocycles. The molecule has 0 bridgehead atoms. The second-order valence-electron chi connectivity index (χ2n) is 4.92. The van der Waals surface area contributed by atoms with Crippen LogP contribution in [0.5, 0.6) is 0 Å². The lowest BCUT2D eigenvalue weighted by molar-refractivity contribution is 0.134. The lowest BCUT2D eigenvalue weighted by atomic mass is 10.3. The molecule has 1 aromatic rings. The van der Waals surface area contributed by atoms with Gasteiger partial charge < -0.3 is 4.74 Å². The van der Waals surface area contributed by atoms with E-state index >= 15 is 0 Å². The molecule has 0 aliphatic carbocycles. The number of hydrogen-bond donors (Lipinski definition) is 0. The van der Waals surface area contributed by atoms with Gasteiger partial charge in [0.25, 0.3) is 10.0 Å². The smallest absolute Gasteiger partial charge is 0.252 e. The van der Waals surface area contributed by atoms with Crippen molar-refractivity contribution in [2.45, 2.75) is 43.7 Å². The standard InChI is InChI=1S/C15H26BrNO3S2/c1-3-17(4-2)22(18,19)15-9-8-14(21-15)10-13-20-12-7-5-6-11-16/h8-9H,3-7,10-13H2,1-2H3. The second kappa shape index (κ2) is 10.8. The van der Waals surface area contributed by atoms with E-state index in [-0.39, 0.29) is 0 Å². The van der Waals surface area contributed by atoms with Gasteiger partial charge in [-0.25, -0.2) is 8.42 Å². The highest BCUT2D eigenvalue weighted by Gasteiger charge is 2.23. The Morgan fingerprint density at radius 3 is 2.50 bits per heavy atom. The van der Waals surface area contributed by atoms with Crippen molar-refractivity contribution in [1.29, 1.82) is 0 Å². The highest BCUT2D eigenvalue weighted by molar-refractivity contribution is 9.09. The van der Waals surface area contributed by atoms with E-state index in [4.69, 9.17) is 4.74 Å². The van der Waals surface area contributed by atoms with Gasteiger partial charge in [0.1, 0.15) is 4.21 Å². The van der Waals surface area contributed by atoms with E-state index in [1.165, 1.54) is 28.5 Å². The maximum Gasteiger partial charge on any atom is 0.252 e. The first-order valence-electron chi connectivity index (χ1n) is 7.78. The molecule has 0 amide bonds. The highest BCUT2D eigenvalue weighted by Crippen LogP contribution is 2.25. The fourth-order valence-corrected chi connectivity index (χ4v) is 5.42. The van der Waals surface area contributed by atoms with Crippen LogP contribution in [0.25, 0.3) is 0 Å². The van der Waals surface area contributed by atoms with Gasteiger partial charge in [-0.15, -0.1) is 11.3 Å². The van der Waals surface area contributed by atoms with Crippen LogP contribution in [0, 0.1) is 0 Å². The summed E-state index contributed by atoms with van der Waals surface area (Å²) in [7, 11) is -3.32. The quantitative estimate of drug-likeness (QED) is 0.386. The number of halogens is 1. The van der Waals surface area contributed by atoms with Gasteiger partial charge in [0.15, 0.2) is 0 Å². The zero-order valence-electron chi connectivity index (χ0n) is 13.4. The van der Waals surface area contributed by atoms with Crippen molar-refractivity contribution in [3.05, 3.63) is 17.0 Å². The van der Waals surface area contributed by atoms with Gasteiger partial charge in [-0.05, 0) is 25.0 Å². The SMILES string of the molecule is CCN(CC)S(=O)(=O)c1ccc(CCOCCCCCBr)s1. The molecule has 22 heavy (non-hydrogen) atoms. The lowest BCUT2D eigenvalue weighted by Crippen LogP contribution is -2.29. The summed E-state index contributed by atoms with van der Waals surface area (Å²) in [4.78, 5) is 1.06. The number of sulfonamides is 1. The van der Waals surface area contributed by atoms with Crippen molar-refractivity contribution in [1.82, 2.24) is 4.31 Å². The summed E-state index contributed by atoms with van der Waals surface area (Å²) in [5.74, 6) is 0. The van der Waals surface area contributed by atoms with Crippen LogP contribution in [0.2, 0.25) is 0 Å². The van der Waals surface area contributed by atoms with Gasteiger partial charge >= 0.3 is 0 Å². The highest BCUT2D eigenvalue weighted by atomic mass is 79.9. The Kier molecular flexibility index (Phi) is 9.82. The van der Waals surface area contributed by atoms with Gasteiger partial charge in [-0.2, -0.15) is 4.31 Å². The van der Waals surface area contributed by atoms with Crippen molar-refractivity contribution in [2.24, 2.45) is 0 Å². The van der Waals surface area contributed by atoms with E-state index in [0.717, 1.165) is 29.7 Å². The van der Waals surface area contributed by atoms with E-state index in [0.29, 0.717) is 23.9 Å². The van der Waals surface area contributed by atoms with Gasteiger partial charge in [-0.3, -0.25) is 0 Å². The molecule has 0 radical (unpaired) electrons. The Morgan fingerprint density at radius 1 is 1.14 bits per heavy atom. The Labute approximate surface area is 147 Å². The first-order chi connectivity index (χ1) is 10.6. The second-order valence-corrected chi connectivity index (χ2v) is 9.05. The number of ether oxygens (including phenoxy) is 1. The van der Waals surface area contributed by atoms with Gasteiger partial charge in [-0.1, -0.05) is 36.2 Å². The maximum absolute atomic E-state index is 12.4. The molecule has 0 aromatic carbocycles. The van der Waals surface area contributed by atoms with Crippen LogP contribution in [-0.4, -0.2) is 44.4 Å². The monoisotopic (exact) mass is 411 g/mol. The first-order valence-corrected chi connectivity index (χ1v) is 11.2. The summed E-state index contributed by atoms with van der Waals surface area (Å²) in [6.07, 6.45) is 4.21. The minimum absolute atomic E-state index is 0.434. The molecular weight excluding hydrogens is 386 g/mol. The summed E-state index contributed by atoms with van der Waals surface area (Å²) in [5, 5.41) is 1.05. The molecular formula is C15H26BrNO3S2. The van der Waals surface area contributed by atoms with E-state index in [1.807, 2.05) is 19.9 Å². The van der Waals surface area contributed by atoms with Crippen LogP contribution in [0.1, 0.15) is 38.0 Å². The fraction of sp³-hybridized carbons (Fsp3) is 0.733. The average Bonchev–Trinajstić information content (AvgIpc) is 2.97. The lowest BCUT2D eigenvalue weighted by Gasteiger charge is -2.16. The normalized spacial score (nSPS) is 12.2. The molecule has 0 unspecified atom stereocenters. The van der Waals surface area contributed by atoms with Gasteiger partial charge in [0.2, 0.25) is 0 Å². The number of alkyl halides is 1. The fourth-order valence-electron chi connectivity index (χ4n) is 2.07. The van der Waals surface area contributed by atoms with Crippen LogP contribution >= 0.6 is 27.3 Å². The molecule has 0 atom stereocenters. The average molecular weight is 412 g/mol. The molecule has 1 rings (SSSR count). The van der Waals surface area contributed by atoms with Gasteiger partial charge in [0.05, 0.1) is 6.61 Å². The summed E-state index contributed by atoms with van der Waals surface area (Å²) < 4.78 is 32.3. The Bertz CT molecular complexity index is 513. The van der Waals surface area contributed by atoms with Crippen molar-refractivity contribution in [3.63, 3.8) is 0 Å². The van der Waals surface area contributed by atoms with E-state index < -0.39 is 10.0 Å². The molecule has 0 aliphatic rings. The Hall–Kier alpha value is 0.0500. The van der Waals surface area contributed by atoms with E-state index in [9.17, 15) is 8.42 Å². The van der Waals surface area contributed by atoms with Crippen molar-refractivity contribution in [3.8, 4) is 0 Å². The summed E-state index contributed by atoms with van der Waals surface area (Å²) in [5.41, 5.74) is 0.